The molecule has 2 amide bonds. The third kappa shape index (κ3) is 4.24. The van der Waals surface area contributed by atoms with Crippen LogP contribution in [0.5, 0.6) is 0 Å². The van der Waals surface area contributed by atoms with Crippen LogP contribution in [0, 0.1) is 0 Å². The lowest BCUT2D eigenvalue weighted by Crippen LogP contribution is -2.20. The van der Waals surface area contributed by atoms with Gasteiger partial charge in [-0.05, 0) is 36.8 Å². The molecule has 112 valence electrons. The summed E-state index contributed by atoms with van der Waals surface area (Å²) in [6.45, 7) is 3.21. The van der Waals surface area contributed by atoms with Gasteiger partial charge in [0.1, 0.15) is 5.69 Å². The molecule has 0 aliphatic rings. The summed E-state index contributed by atoms with van der Waals surface area (Å²) < 4.78 is 0. The largest absolute Gasteiger partial charge is 0.326 e. The highest BCUT2D eigenvalue weighted by Gasteiger charge is 2.06. The van der Waals surface area contributed by atoms with Crippen molar-refractivity contribution in [1.82, 2.24) is 10.4 Å². The van der Waals surface area contributed by atoms with Crippen molar-refractivity contribution in [3.63, 3.8) is 0 Å². The fourth-order valence-electron chi connectivity index (χ4n) is 1.78. The van der Waals surface area contributed by atoms with Crippen LogP contribution < -0.4 is 10.7 Å². The number of amides is 2. The van der Waals surface area contributed by atoms with Crippen molar-refractivity contribution in [3.05, 3.63) is 59.9 Å². The van der Waals surface area contributed by atoms with Crippen LogP contribution in [-0.2, 0) is 4.79 Å². The predicted molar refractivity (Wildman–Crippen MR) is 84.7 cm³/mol. The molecule has 0 spiro atoms. The third-order valence-electron chi connectivity index (χ3n) is 2.82. The molecule has 22 heavy (non-hydrogen) atoms. The van der Waals surface area contributed by atoms with Crippen molar-refractivity contribution in [2.45, 2.75) is 13.8 Å². The van der Waals surface area contributed by atoms with E-state index in [1.165, 1.54) is 6.92 Å². The van der Waals surface area contributed by atoms with E-state index < -0.39 is 0 Å². The molecule has 0 radical (unpaired) electrons. The van der Waals surface area contributed by atoms with E-state index in [2.05, 4.69) is 20.8 Å². The van der Waals surface area contributed by atoms with Gasteiger partial charge in [-0.15, -0.1) is 0 Å². The molecule has 2 N–H and O–H groups in total. The Hall–Kier alpha value is -3.02. The summed E-state index contributed by atoms with van der Waals surface area (Å²) in [7, 11) is 0. The zero-order chi connectivity index (χ0) is 15.9. The van der Waals surface area contributed by atoms with E-state index in [4.69, 9.17) is 0 Å². The van der Waals surface area contributed by atoms with Gasteiger partial charge in [0.15, 0.2) is 0 Å². The second-order valence-corrected chi connectivity index (χ2v) is 4.62. The maximum Gasteiger partial charge on any atom is 0.289 e. The van der Waals surface area contributed by atoms with Crippen molar-refractivity contribution >= 4 is 23.2 Å². The first-order valence-electron chi connectivity index (χ1n) is 6.70. The van der Waals surface area contributed by atoms with Crippen molar-refractivity contribution in [1.29, 1.82) is 0 Å². The molecule has 0 saturated heterocycles. The molecular weight excluding hydrogens is 280 g/mol. The normalized spacial score (nSPS) is 10.9. The first-order chi connectivity index (χ1) is 10.6. The first kappa shape index (κ1) is 15.4. The van der Waals surface area contributed by atoms with Crippen molar-refractivity contribution in [2.24, 2.45) is 5.10 Å². The topological polar surface area (TPSA) is 83.5 Å². The lowest BCUT2D eigenvalue weighted by Gasteiger charge is -2.06. The molecule has 0 unspecified atom stereocenters. The Morgan fingerprint density at radius 3 is 2.59 bits per heavy atom. The SMILES string of the molecule is CC(=O)Nc1cccc(/C(C)=N\NC(=O)c2ccccn2)c1. The van der Waals surface area contributed by atoms with Gasteiger partial charge in [-0.1, -0.05) is 18.2 Å². The van der Waals surface area contributed by atoms with E-state index in [1.807, 2.05) is 6.07 Å². The highest BCUT2D eigenvalue weighted by Crippen LogP contribution is 2.11. The number of aromatic nitrogens is 1. The number of hydrogen-bond donors (Lipinski definition) is 2. The number of anilines is 1. The number of nitrogens with zero attached hydrogens (tertiary/aromatic N) is 2. The molecule has 0 bridgehead atoms. The smallest absolute Gasteiger partial charge is 0.289 e. The summed E-state index contributed by atoms with van der Waals surface area (Å²) in [5.74, 6) is -0.520. The van der Waals surface area contributed by atoms with Crippen LogP contribution in [0.3, 0.4) is 0 Å². The van der Waals surface area contributed by atoms with Gasteiger partial charge >= 0.3 is 0 Å². The summed E-state index contributed by atoms with van der Waals surface area (Å²) in [5.41, 5.74) is 4.85. The standard InChI is InChI=1S/C16H16N4O2/c1-11(13-6-5-7-14(10-13)18-12(2)21)19-20-16(22)15-8-3-4-9-17-15/h3-10H,1-2H3,(H,18,21)(H,20,22)/b19-11-. The summed E-state index contributed by atoms with van der Waals surface area (Å²) >= 11 is 0. The van der Waals surface area contributed by atoms with E-state index >= 15 is 0 Å². The number of hydrogen-bond acceptors (Lipinski definition) is 4. The molecule has 0 aliphatic carbocycles. The van der Waals surface area contributed by atoms with Crippen LogP contribution in [0.25, 0.3) is 0 Å². The van der Waals surface area contributed by atoms with Crippen molar-refractivity contribution < 1.29 is 9.59 Å². The van der Waals surface area contributed by atoms with E-state index in [-0.39, 0.29) is 11.8 Å². The Morgan fingerprint density at radius 2 is 1.91 bits per heavy atom. The lowest BCUT2D eigenvalue weighted by molar-refractivity contribution is -0.114. The van der Waals surface area contributed by atoms with E-state index in [9.17, 15) is 9.59 Å². The highest BCUT2D eigenvalue weighted by molar-refractivity contribution is 6.01. The molecule has 0 saturated carbocycles. The highest BCUT2D eigenvalue weighted by atomic mass is 16.2. The molecule has 1 heterocycles. The molecule has 0 fully saturated rings. The summed E-state index contributed by atoms with van der Waals surface area (Å²) in [5, 5.41) is 6.75. The van der Waals surface area contributed by atoms with E-state index in [0.717, 1.165) is 5.56 Å². The fraction of sp³-hybridized carbons (Fsp3) is 0.125. The zero-order valence-corrected chi connectivity index (χ0v) is 12.3. The van der Waals surface area contributed by atoms with E-state index in [1.54, 1.807) is 49.5 Å². The van der Waals surface area contributed by atoms with Gasteiger partial charge in [-0.2, -0.15) is 5.10 Å². The number of nitrogens with one attached hydrogen (secondary N) is 2. The van der Waals surface area contributed by atoms with Crippen LogP contribution >= 0.6 is 0 Å². The molecule has 1 aromatic heterocycles. The maximum atomic E-state index is 11.9. The molecular formula is C16H16N4O2. The molecule has 0 atom stereocenters. The average Bonchev–Trinajstić information content (AvgIpc) is 2.52. The molecule has 6 heteroatoms. The minimum Gasteiger partial charge on any atom is -0.326 e. The number of pyridine rings is 1. The van der Waals surface area contributed by atoms with Gasteiger partial charge in [0.25, 0.3) is 5.91 Å². The second-order valence-electron chi connectivity index (χ2n) is 4.62. The zero-order valence-electron chi connectivity index (χ0n) is 12.3. The Morgan fingerprint density at radius 1 is 1.09 bits per heavy atom. The van der Waals surface area contributed by atoms with Gasteiger partial charge in [0.2, 0.25) is 5.91 Å². The van der Waals surface area contributed by atoms with Gasteiger partial charge in [-0.3, -0.25) is 14.6 Å². The van der Waals surface area contributed by atoms with E-state index in [0.29, 0.717) is 17.1 Å². The van der Waals surface area contributed by atoms with Crippen LogP contribution in [-0.4, -0.2) is 22.5 Å². The third-order valence-corrected chi connectivity index (χ3v) is 2.82. The number of benzene rings is 1. The molecule has 6 nitrogen and oxygen atoms in total. The number of carbonyl (C=O) groups excluding carboxylic acids is 2. The number of rotatable bonds is 4. The van der Waals surface area contributed by atoms with Gasteiger partial charge in [-0.25, -0.2) is 5.43 Å². The molecule has 0 aliphatic heterocycles. The maximum absolute atomic E-state index is 11.9. The van der Waals surface area contributed by atoms with Crippen molar-refractivity contribution in [2.75, 3.05) is 5.32 Å². The number of hydrazone groups is 1. The predicted octanol–water partition coefficient (Wildman–Crippen LogP) is 2.19. The minimum absolute atomic E-state index is 0.143. The quantitative estimate of drug-likeness (QED) is 0.670. The second kappa shape index (κ2) is 7.12. The van der Waals surface area contributed by atoms with Crippen LogP contribution in [0.2, 0.25) is 0 Å². The van der Waals surface area contributed by atoms with Crippen molar-refractivity contribution in [3.8, 4) is 0 Å². The van der Waals surface area contributed by atoms with Crippen LogP contribution in [0.1, 0.15) is 29.9 Å². The Labute approximate surface area is 128 Å². The lowest BCUT2D eigenvalue weighted by atomic mass is 10.1. The van der Waals surface area contributed by atoms with Gasteiger partial charge in [0.05, 0.1) is 5.71 Å². The Kier molecular flexibility index (Phi) is 4.98. The Balaban J connectivity index is 2.09. The average molecular weight is 296 g/mol. The first-order valence-corrected chi connectivity index (χ1v) is 6.70. The summed E-state index contributed by atoms with van der Waals surface area (Å²) in [6.07, 6.45) is 1.54. The van der Waals surface area contributed by atoms with Crippen LogP contribution in [0.15, 0.2) is 53.8 Å². The summed E-state index contributed by atoms with van der Waals surface area (Å²) in [4.78, 5) is 26.9. The Bertz CT molecular complexity index is 711. The monoisotopic (exact) mass is 296 g/mol. The number of carbonyl (C=O) groups is 2. The van der Waals surface area contributed by atoms with Gasteiger partial charge < -0.3 is 5.32 Å². The summed E-state index contributed by atoms with van der Waals surface area (Å²) in [6, 6.07) is 12.3. The van der Waals surface area contributed by atoms with Gasteiger partial charge in [0, 0.05) is 18.8 Å². The minimum atomic E-state index is -0.377. The van der Waals surface area contributed by atoms with Crippen LogP contribution in [0.4, 0.5) is 5.69 Å². The molecule has 2 rings (SSSR count). The fourth-order valence-corrected chi connectivity index (χ4v) is 1.78. The molecule has 2 aromatic rings. The molecule has 1 aromatic carbocycles.